The Morgan fingerprint density at radius 2 is 0.882 bits per heavy atom. The van der Waals surface area contributed by atoms with Crippen LogP contribution in [-0.2, 0) is 41.6 Å². The predicted octanol–water partition coefficient (Wildman–Crippen LogP) is 6.63. The molecule has 12 N–H and O–H groups in total. The summed E-state index contributed by atoms with van der Waals surface area (Å²) in [7, 11) is 0. The molecule has 6 aliphatic carbocycles. The van der Waals surface area contributed by atoms with E-state index in [1.54, 1.807) is 39.8 Å². The number of aliphatic hydroxyl groups is 6. The number of amides is 2. The molecule has 0 aromatic heterocycles. The van der Waals surface area contributed by atoms with Gasteiger partial charge in [0.2, 0.25) is 11.6 Å². The molecule has 2 fully saturated rings. The maximum atomic E-state index is 13.7. The van der Waals surface area contributed by atoms with Crippen molar-refractivity contribution in [1.82, 2.24) is 0 Å². The van der Waals surface area contributed by atoms with Crippen LogP contribution in [0.4, 0.5) is 0 Å². The molecule has 8 atom stereocenters. The van der Waals surface area contributed by atoms with Crippen molar-refractivity contribution in [3.05, 3.63) is 91.5 Å². The lowest BCUT2D eigenvalue weighted by molar-refractivity contribution is -0.156. The molecule has 2 saturated carbocycles. The molecule has 0 aliphatic heterocycles. The van der Waals surface area contributed by atoms with E-state index in [-0.39, 0.29) is 70.3 Å². The number of phenolic OH excluding ortho intramolecular Hbond substituents is 2. The van der Waals surface area contributed by atoms with Crippen molar-refractivity contribution in [3.63, 3.8) is 0 Å². The second-order valence-corrected chi connectivity index (χ2v) is 20.0. The number of ketones is 4. The van der Waals surface area contributed by atoms with Crippen molar-refractivity contribution in [2.75, 3.05) is 0 Å². The first-order valence-electron chi connectivity index (χ1n) is 22.5. The molecule has 68 heavy (non-hydrogen) atoms. The number of primary amides is 2. The highest BCUT2D eigenvalue weighted by molar-refractivity contribution is 15.0. The van der Waals surface area contributed by atoms with Gasteiger partial charge in [0.05, 0.1) is 11.1 Å². The summed E-state index contributed by atoms with van der Waals surface area (Å²) in [4.78, 5) is 77.6. The summed E-state index contributed by atoms with van der Waals surface area (Å²) in [6.07, 6.45) is 0.889. The van der Waals surface area contributed by atoms with Crippen molar-refractivity contribution < 1.29 is 69.6 Å². The lowest BCUT2D eigenvalue weighted by Gasteiger charge is -2.50. The zero-order chi connectivity index (χ0) is 51.1. The van der Waals surface area contributed by atoms with Crippen LogP contribution in [0.5, 0.6) is 11.5 Å². The number of hydrogen-bond acceptors (Lipinski definition) is 14. The van der Waals surface area contributed by atoms with Gasteiger partial charge in [0.1, 0.15) is 45.7 Å². The standard InChI is InChI=1S/2C25H29NO7.I2/c2*1-9(2)12-5-6-15(27)18-13(12)7-11-8-14-16(10(3)4)20(28)19(24(26)32)23(31)25(14,33)22(30)17(11)21(18)29;1-2/h2*5-6,9-11,14,16,27,29,31,33H,7-8H2,1-4H3,(H2,26,32);/t11?,14-,16+,25-;11?,14-,16-,25-;/m00./s1. The second-order valence-electron chi connectivity index (χ2n) is 20.0. The number of carbonyl (C=O) groups excluding carboxylic acids is 6. The second kappa shape index (κ2) is 18.8. The van der Waals surface area contributed by atoms with Crippen LogP contribution < -0.4 is 11.5 Å². The first-order valence-corrected chi connectivity index (χ1v) is 28.8. The quantitative estimate of drug-likeness (QED) is 0.107. The highest BCUT2D eigenvalue weighted by Gasteiger charge is 2.65. The van der Waals surface area contributed by atoms with Crippen LogP contribution in [0.25, 0.3) is 11.5 Å². The fraction of sp³-hybridized carbons (Fsp3) is 0.480. The molecule has 2 aromatic carbocycles. The number of aliphatic hydroxyl groups excluding tert-OH is 4. The minimum atomic E-state index is -2.57. The molecule has 6 aliphatic rings. The van der Waals surface area contributed by atoms with Crippen LogP contribution in [0.2, 0.25) is 0 Å². The Morgan fingerprint density at radius 3 is 1.15 bits per heavy atom. The van der Waals surface area contributed by atoms with Crippen molar-refractivity contribution in [2.24, 2.45) is 58.8 Å². The number of halogens is 2. The predicted molar refractivity (Wildman–Crippen MR) is 266 cm³/mol. The first kappa shape index (κ1) is 52.6. The van der Waals surface area contributed by atoms with Crippen LogP contribution in [-0.4, -0.2) is 87.0 Å². The molecule has 8 rings (SSSR count). The first-order chi connectivity index (χ1) is 31.7. The third-order valence-corrected chi connectivity index (χ3v) is 15.0. The summed E-state index contributed by atoms with van der Waals surface area (Å²) in [5, 5.41) is 88.0. The molecule has 0 bridgehead atoms. The van der Waals surface area contributed by atoms with Crippen LogP contribution >= 0.6 is 37.2 Å². The van der Waals surface area contributed by atoms with E-state index < -0.39 is 116 Å². The lowest BCUT2D eigenvalue weighted by Crippen LogP contribution is -2.62. The van der Waals surface area contributed by atoms with Crippen LogP contribution in [0.15, 0.2) is 58.1 Å². The molecule has 2 unspecified atom stereocenters. The molecular formula is C50H58I2N2O14. The van der Waals surface area contributed by atoms with E-state index >= 15 is 0 Å². The Kier molecular flexibility index (Phi) is 14.6. The molecule has 2 aromatic rings. The molecule has 0 radical (unpaired) electrons. The zero-order valence-electron chi connectivity index (χ0n) is 38.8. The zero-order valence-corrected chi connectivity index (χ0v) is 43.2. The number of carbonyl (C=O) groups is 6. The Morgan fingerprint density at radius 1 is 0.574 bits per heavy atom. The third-order valence-electron chi connectivity index (χ3n) is 15.0. The van der Waals surface area contributed by atoms with Crippen LogP contribution in [0.1, 0.15) is 113 Å². The number of benzene rings is 2. The Bertz CT molecular complexity index is 2510. The average molecular weight is 1160 g/mol. The van der Waals surface area contributed by atoms with Crippen molar-refractivity contribution in [2.45, 2.75) is 104 Å². The number of hydrogen-bond donors (Lipinski definition) is 10. The highest BCUT2D eigenvalue weighted by atomic mass is 128. The van der Waals surface area contributed by atoms with Gasteiger partial charge in [-0.3, -0.25) is 28.8 Å². The number of phenols is 2. The van der Waals surface area contributed by atoms with Gasteiger partial charge in [0, 0.05) is 72.0 Å². The summed E-state index contributed by atoms with van der Waals surface area (Å²) in [6.45, 7) is 14.9. The minimum absolute atomic E-state index is 0.0923. The van der Waals surface area contributed by atoms with E-state index in [1.807, 2.05) is 27.7 Å². The minimum Gasteiger partial charge on any atom is -0.508 e. The van der Waals surface area contributed by atoms with E-state index in [2.05, 4.69) is 37.2 Å². The fourth-order valence-electron chi connectivity index (χ4n) is 12.1. The molecule has 0 saturated heterocycles. The normalized spacial score (nSPS) is 28.6. The number of fused-ring (bicyclic) bond motifs is 6. The van der Waals surface area contributed by atoms with Crippen LogP contribution in [0, 0.1) is 47.3 Å². The summed E-state index contributed by atoms with van der Waals surface area (Å²) >= 11 is 4.24. The topological polar surface area (TPSA) is 316 Å². The van der Waals surface area contributed by atoms with Gasteiger partial charge in [-0.05, 0) is 95.6 Å². The maximum Gasteiger partial charge on any atom is 0.255 e. The van der Waals surface area contributed by atoms with Crippen molar-refractivity contribution in [3.8, 4) is 11.5 Å². The Hall–Kier alpha value is -4.80. The summed E-state index contributed by atoms with van der Waals surface area (Å²) in [5.74, 6) is -14.6. The SMILES string of the molecule is CC(C)c1ccc(O)c2c1CC1C[C@H]3[C@@H](C(C)C)C(=O)C(C(N)=O)=C(O)[C@@]3(O)C(=O)C1=C2O.CC(C)c1ccc(O)c2c1CC1C[C@H]3[C@H](C(C)C)C(=O)C(C(N)=O)=C(O)[C@@]3(O)C(=O)C1=C2O.II. The average Bonchev–Trinajstić information content (AvgIpc) is 3.23. The summed E-state index contributed by atoms with van der Waals surface area (Å²) in [5.41, 5.74) is 7.25. The number of rotatable bonds is 6. The van der Waals surface area contributed by atoms with Gasteiger partial charge in [0.15, 0.2) is 22.8 Å². The van der Waals surface area contributed by atoms with Gasteiger partial charge in [-0.1, -0.05) is 67.5 Å². The smallest absolute Gasteiger partial charge is 0.255 e. The molecule has 366 valence electrons. The van der Waals surface area contributed by atoms with E-state index in [0.717, 1.165) is 22.3 Å². The third kappa shape index (κ3) is 7.75. The number of nitrogens with two attached hydrogens (primary N) is 2. The van der Waals surface area contributed by atoms with Crippen LogP contribution in [0.3, 0.4) is 0 Å². The molecule has 0 spiro atoms. The van der Waals surface area contributed by atoms with Gasteiger partial charge in [0.25, 0.3) is 11.8 Å². The summed E-state index contributed by atoms with van der Waals surface area (Å²) in [6, 6.07) is 6.47. The van der Waals surface area contributed by atoms with Gasteiger partial charge in [-0.15, -0.1) is 0 Å². The monoisotopic (exact) mass is 1160 g/mol. The summed E-state index contributed by atoms with van der Waals surface area (Å²) < 4.78 is 0. The van der Waals surface area contributed by atoms with Gasteiger partial charge in [-0.2, -0.15) is 0 Å². The highest BCUT2D eigenvalue weighted by Crippen LogP contribution is 2.57. The van der Waals surface area contributed by atoms with Crippen molar-refractivity contribution >= 4 is 83.7 Å². The van der Waals surface area contributed by atoms with Gasteiger partial charge < -0.3 is 52.3 Å². The Balaban J connectivity index is 0.000000216. The lowest BCUT2D eigenvalue weighted by atomic mass is 9.54. The number of Topliss-reactive ketones (excluding diaryl/α,β-unsaturated/α-hetero) is 4. The van der Waals surface area contributed by atoms with E-state index in [0.29, 0.717) is 12.8 Å². The van der Waals surface area contributed by atoms with E-state index in [4.69, 9.17) is 11.5 Å². The fourth-order valence-corrected chi connectivity index (χ4v) is 12.1. The molecule has 0 heterocycles. The van der Waals surface area contributed by atoms with E-state index in [9.17, 15) is 69.6 Å². The maximum absolute atomic E-state index is 13.7. The van der Waals surface area contributed by atoms with E-state index in [1.165, 1.54) is 12.1 Å². The van der Waals surface area contributed by atoms with Crippen molar-refractivity contribution in [1.29, 1.82) is 0 Å². The molecule has 18 heteroatoms. The number of aromatic hydroxyl groups is 2. The molecule has 16 nitrogen and oxygen atoms in total. The largest absolute Gasteiger partial charge is 0.508 e. The van der Waals surface area contributed by atoms with Gasteiger partial charge in [-0.25, -0.2) is 0 Å². The Labute approximate surface area is 416 Å². The molecule has 2 amide bonds. The molecular weight excluding hydrogens is 1110 g/mol. The van der Waals surface area contributed by atoms with Gasteiger partial charge >= 0.3 is 0 Å².